The van der Waals surface area contributed by atoms with Crippen molar-refractivity contribution in [1.82, 2.24) is 24.9 Å². The van der Waals surface area contributed by atoms with Crippen molar-refractivity contribution in [3.8, 4) is 18.0 Å². The number of urea groups is 1. The molecule has 0 saturated heterocycles. The molecule has 1 aliphatic rings. The van der Waals surface area contributed by atoms with E-state index < -0.39 is 0 Å². The first kappa shape index (κ1) is 21.8. The Kier molecular flexibility index (Phi) is 6.78. The van der Waals surface area contributed by atoms with Crippen LogP contribution in [0.15, 0.2) is 30.5 Å². The third kappa shape index (κ3) is 5.19. The molecular weight excluding hydrogens is 381 g/mol. The van der Waals surface area contributed by atoms with E-state index in [0.717, 1.165) is 24.2 Å². The molecule has 0 bridgehead atoms. The number of fused-ring (bicyclic) bond motifs is 1. The second-order valence-corrected chi connectivity index (χ2v) is 8.70. The van der Waals surface area contributed by atoms with Crippen molar-refractivity contribution in [2.75, 3.05) is 33.2 Å². The van der Waals surface area contributed by atoms with Crippen molar-refractivity contribution in [1.29, 1.82) is 0 Å². The number of benzene rings is 1. The van der Waals surface area contributed by atoms with E-state index in [1.165, 1.54) is 6.07 Å². The predicted molar refractivity (Wildman–Crippen MR) is 116 cm³/mol. The predicted octanol–water partition coefficient (Wildman–Crippen LogP) is 3.06. The lowest BCUT2D eigenvalue weighted by Crippen LogP contribution is -2.44. The molecule has 3 rings (SSSR count). The molecule has 1 aliphatic heterocycles. The number of halogens is 1. The molecule has 0 spiro atoms. The topological polar surface area (TPSA) is 53.4 Å². The van der Waals surface area contributed by atoms with Crippen molar-refractivity contribution in [3.05, 3.63) is 47.5 Å². The maximum Gasteiger partial charge on any atom is 0.317 e. The van der Waals surface area contributed by atoms with Crippen LogP contribution in [0.4, 0.5) is 9.18 Å². The minimum atomic E-state index is -0.310. The van der Waals surface area contributed by atoms with E-state index in [-0.39, 0.29) is 17.3 Å². The molecule has 0 fully saturated rings. The van der Waals surface area contributed by atoms with Crippen molar-refractivity contribution < 1.29 is 9.18 Å². The van der Waals surface area contributed by atoms with E-state index >= 15 is 0 Å². The van der Waals surface area contributed by atoms with Crippen LogP contribution in [0, 0.1) is 23.6 Å². The third-order valence-electron chi connectivity index (χ3n) is 5.30. The van der Waals surface area contributed by atoms with Gasteiger partial charge in [0.2, 0.25) is 0 Å². The minimum absolute atomic E-state index is 0.0887. The van der Waals surface area contributed by atoms with Crippen LogP contribution in [-0.4, -0.2) is 58.8 Å². The maximum absolute atomic E-state index is 14.4. The molecule has 160 valence electrons. The number of hydrogen-bond donors (Lipinski definition) is 1. The van der Waals surface area contributed by atoms with Gasteiger partial charge in [-0.1, -0.05) is 31.9 Å². The van der Waals surface area contributed by atoms with Crippen LogP contribution in [-0.2, 0) is 13.0 Å². The summed E-state index contributed by atoms with van der Waals surface area (Å²) < 4.78 is 16.0. The van der Waals surface area contributed by atoms with Crippen LogP contribution in [0.1, 0.15) is 31.5 Å². The second kappa shape index (κ2) is 9.31. The standard InChI is InChI=1S/C23H30FN5O/c1-5-12-27(4)13-8-11-25-22(30)28-16-18-15-26-29(20-10-7-6-9-19(20)24)21(18)14-23(2,3)17-28/h1,6-7,9-10,15H,8,11-14,16-17H2,2-4H3,(H,25,30). The third-order valence-corrected chi connectivity index (χ3v) is 5.30. The first-order valence-electron chi connectivity index (χ1n) is 10.3. The number of hydrogen-bond acceptors (Lipinski definition) is 3. The molecule has 30 heavy (non-hydrogen) atoms. The normalized spacial score (nSPS) is 15.4. The lowest BCUT2D eigenvalue weighted by Gasteiger charge is -2.30. The summed E-state index contributed by atoms with van der Waals surface area (Å²) in [5, 5.41) is 7.45. The number of aromatic nitrogens is 2. The monoisotopic (exact) mass is 411 g/mol. The van der Waals surface area contributed by atoms with Gasteiger partial charge in [-0.05, 0) is 37.4 Å². The Morgan fingerprint density at radius 3 is 2.90 bits per heavy atom. The molecular formula is C23H30FN5O. The van der Waals surface area contributed by atoms with Crippen LogP contribution in [0.3, 0.4) is 0 Å². The fourth-order valence-electron chi connectivity index (χ4n) is 3.88. The molecule has 2 heterocycles. The van der Waals surface area contributed by atoms with Crippen molar-refractivity contribution in [3.63, 3.8) is 0 Å². The van der Waals surface area contributed by atoms with Gasteiger partial charge >= 0.3 is 6.03 Å². The average Bonchev–Trinajstić information content (AvgIpc) is 2.99. The van der Waals surface area contributed by atoms with E-state index in [0.29, 0.717) is 38.3 Å². The largest absolute Gasteiger partial charge is 0.338 e. The van der Waals surface area contributed by atoms with Gasteiger partial charge in [0.1, 0.15) is 11.5 Å². The van der Waals surface area contributed by atoms with E-state index in [1.54, 1.807) is 29.1 Å². The van der Waals surface area contributed by atoms with Crippen LogP contribution in [0.2, 0.25) is 0 Å². The number of carbonyl (C=O) groups excluding carboxylic acids is 1. The second-order valence-electron chi connectivity index (χ2n) is 8.70. The summed E-state index contributed by atoms with van der Waals surface area (Å²) in [4.78, 5) is 16.7. The van der Waals surface area contributed by atoms with Crippen molar-refractivity contribution in [2.45, 2.75) is 33.2 Å². The zero-order chi connectivity index (χ0) is 21.7. The Morgan fingerprint density at radius 1 is 1.40 bits per heavy atom. The van der Waals surface area contributed by atoms with Gasteiger partial charge in [-0.25, -0.2) is 13.9 Å². The smallest absolute Gasteiger partial charge is 0.317 e. The first-order valence-corrected chi connectivity index (χ1v) is 10.3. The number of nitrogens with zero attached hydrogens (tertiary/aromatic N) is 4. The van der Waals surface area contributed by atoms with E-state index in [9.17, 15) is 9.18 Å². The van der Waals surface area contributed by atoms with Gasteiger partial charge in [-0.15, -0.1) is 6.42 Å². The molecule has 2 aromatic rings. The molecule has 0 saturated carbocycles. The lowest BCUT2D eigenvalue weighted by atomic mass is 9.87. The Hall–Kier alpha value is -2.85. The van der Waals surface area contributed by atoms with Crippen molar-refractivity contribution in [2.24, 2.45) is 5.41 Å². The summed E-state index contributed by atoms with van der Waals surface area (Å²) in [7, 11) is 1.97. The zero-order valence-corrected chi connectivity index (χ0v) is 18.0. The molecule has 0 unspecified atom stereocenters. The number of rotatable bonds is 6. The fourth-order valence-corrected chi connectivity index (χ4v) is 3.88. The summed E-state index contributed by atoms with van der Waals surface area (Å²) in [6, 6.07) is 6.54. The Bertz CT molecular complexity index is 930. The summed E-state index contributed by atoms with van der Waals surface area (Å²) in [5.41, 5.74) is 2.17. The quantitative estimate of drug-likeness (QED) is 0.587. The minimum Gasteiger partial charge on any atom is -0.338 e. The highest BCUT2D eigenvalue weighted by Crippen LogP contribution is 2.31. The highest BCUT2D eigenvalue weighted by molar-refractivity contribution is 5.74. The number of terminal acetylenes is 1. The van der Waals surface area contributed by atoms with Gasteiger partial charge in [0.05, 0.1) is 19.3 Å². The van der Waals surface area contributed by atoms with Crippen molar-refractivity contribution >= 4 is 6.03 Å². The summed E-state index contributed by atoms with van der Waals surface area (Å²) in [5.74, 6) is 2.30. The van der Waals surface area contributed by atoms with Crippen LogP contribution >= 0.6 is 0 Å². The molecule has 0 atom stereocenters. The number of amides is 2. The van der Waals surface area contributed by atoms with E-state index in [4.69, 9.17) is 6.42 Å². The van der Waals surface area contributed by atoms with Gasteiger partial charge in [0, 0.05) is 30.9 Å². The Balaban J connectivity index is 1.71. The Labute approximate surface area is 178 Å². The lowest BCUT2D eigenvalue weighted by molar-refractivity contribution is 0.167. The van der Waals surface area contributed by atoms with Crippen LogP contribution in [0.25, 0.3) is 5.69 Å². The summed E-state index contributed by atoms with van der Waals surface area (Å²) in [6.45, 7) is 7.33. The molecule has 1 N–H and O–H groups in total. The SMILES string of the molecule is C#CCN(C)CCCNC(=O)N1Cc2cnn(-c3ccccc3F)c2CC(C)(C)C1. The average molecular weight is 412 g/mol. The van der Waals surface area contributed by atoms with Gasteiger partial charge in [0.15, 0.2) is 0 Å². The zero-order valence-electron chi connectivity index (χ0n) is 18.0. The molecule has 0 radical (unpaired) electrons. The van der Waals surface area contributed by atoms with Crippen LogP contribution < -0.4 is 5.32 Å². The highest BCUT2D eigenvalue weighted by Gasteiger charge is 2.33. The van der Waals surface area contributed by atoms with Gasteiger partial charge in [-0.2, -0.15) is 5.10 Å². The van der Waals surface area contributed by atoms with E-state index in [1.807, 2.05) is 16.8 Å². The number of carbonyl (C=O) groups is 1. The molecule has 2 amide bonds. The van der Waals surface area contributed by atoms with Gasteiger partial charge < -0.3 is 10.2 Å². The van der Waals surface area contributed by atoms with E-state index in [2.05, 4.69) is 30.2 Å². The van der Waals surface area contributed by atoms with Gasteiger partial charge in [-0.3, -0.25) is 4.90 Å². The van der Waals surface area contributed by atoms with Crippen LogP contribution in [0.5, 0.6) is 0 Å². The Morgan fingerprint density at radius 2 is 2.17 bits per heavy atom. The molecule has 1 aromatic heterocycles. The first-order chi connectivity index (χ1) is 14.3. The molecule has 6 nitrogen and oxygen atoms in total. The molecule has 0 aliphatic carbocycles. The maximum atomic E-state index is 14.4. The van der Waals surface area contributed by atoms with Gasteiger partial charge in [0.25, 0.3) is 0 Å². The number of nitrogens with one attached hydrogen (secondary N) is 1. The summed E-state index contributed by atoms with van der Waals surface area (Å²) >= 11 is 0. The molecule has 1 aromatic carbocycles. The highest BCUT2D eigenvalue weighted by atomic mass is 19.1. The molecule has 7 heteroatoms. The number of para-hydroxylation sites is 1. The summed E-state index contributed by atoms with van der Waals surface area (Å²) in [6.07, 6.45) is 8.59. The fraction of sp³-hybridized carbons (Fsp3) is 0.478.